The molecule has 0 aromatic rings. The quantitative estimate of drug-likeness (QED) is 0.242. The van der Waals surface area contributed by atoms with Crippen molar-refractivity contribution in [1.29, 1.82) is 0 Å². The fraction of sp³-hybridized carbons (Fsp3) is 0.654. The van der Waals surface area contributed by atoms with E-state index in [4.69, 9.17) is 42.6 Å². The molecule has 0 aromatic heterocycles. The molecule has 3 aliphatic rings. The minimum Gasteiger partial charge on any atom is -0.471 e. The van der Waals surface area contributed by atoms with E-state index < -0.39 is 103 Å². The molecule has 0 N–H and O–H groups in total. The predicted molar refractivity (Wildman–Crippen MR) is 130 cm³/mol. The van der Waals surface area contributed by atoms with E-state index in [1.54, 1.807) is 0 Å². The summed E-state index contributed by atoms with van der Waals surface area (Å²) in [5, 5.41) is 0. The van der Waals surface area contributed by atoms with Crippen LogP contribution in [0.4, 0.5) is 0 Å². The molecule has 2 heterocycles. The molecule has 0 radical (unpaired) electrons. The van der Waals surface area contributed by atoms with Crippen LogP contribution >= 0.6 is 0 Å². The van der Waals surface area contributed by atoms with Gasteiger partial charge in [0, 0.05) is 40.0 Å². The lowest BCUT2D eigenvalue weighted by atomic mass is 9.82. The van der Waals surface area contributed by atoms with Crippen molar-refractivity contribution in [2.45, 2.75) is 71.1 Å². The van der Waals surface area contributed by atoms with Crippen LogP contribution in [0.25, 0.3) is 0 Å². The number of ketones is 1. The van der Waals surface area contributed by atoms with E-state index in [1.807, 2.05) is 0 Å². The minimum atomic E-state index is -1.67. The first-order valence-corrected chi connectivity index (χ1v) is 12.8. The van der Waals surface area contributed by atoms with Crippen LogP contribution in [-0.4, -0.2) is 99.4 Å². The number of ether oxygens (including phenoxy) is 9. The second kappa shape index (κ2) is 13.7. The molecular weight excluding hydrogens is 568 g/mol. The van der Waals surface area contributed by atoms with Gasteiger partial charge < -0.3 is 42.6 Å². The summed E-state index contributed by atoms with van der Waals surface area (Å²) >= 11 is 0. The van der Waals surface area contributed by atoms with Crippen molar-refractivity contribution in [3.05, 3.63) is 11.8 Å². The van der Waals surface area contributed by atoms with Crippen LogP contribution in [0.15, 0.2) is 11.8 Å². The maximum atomic E-state index is 13.0. The third-order valence-corrected chi connectivity index (χ3v) is 6.74. The van der Waals surface area contributed by atoms with Gasteiger partial charge in [0.2, 0.25) is 12.6 Å². The molecule has 1 saturated heterocycles. The Kier molecular flexibility index (Phi) is 10.6. The third kappa shape index (κ3) is 7.23. The fourth-order valence-corrected chi connectivity index (χ4v) is 5.20. The Morgan fingerprint density at radius 2 is 1.40 bits per heavy atom. The molecule has 2 fully saturated rings. The molecule has 9 atom stereocenters. The SMILES string of the molecule is COC(=O)C1=CO[C@@H](O[C@@H]2O[C@H](COC(C)=O)[C@@H](OC(C)=O)[C@H](OC(C)=O)[C@H]2OC(C)=O)[C@H]2[C@@H]1C(=O)C[C@@H]2C(=O)OC. The second-order valence-corrected chi connectivity index (χ2v) is 9.63. The Labute approximate surface area is 239 Å². The molecular formula is C26H32O16. The molecule has 0 aromatic carbocycles. The highest BCUT2D eigenvalue weighted by molar-refractivity contribution is 6.01. The average Bonchev–Trinajstić information content (AvgIpc) is 3.27. The Balaban J connectivity index is 2.06. The van der Waals surface area contributed by atoms with E-state index in [1.165, 1.54) is 0 Å². The van der Waals surface area contributed by atoms with Crippen LogP contribution < -0.4 is 0 Å². The van der Waals surface area contributed by atoms with Gasteiger partial charge in [-0.3, -0.25) is 28.8 Å². The topological polar surface area (TPSA) is 203 Å². The normalized spacial score (nSPS) is 31.8. The number of Topliss-reactive ketones (excluding diaryl/α,β-unsaturated/α-hetero) is 1. The Morgan fingerprint density at radius 3 is 1.95 bits per heavy atom. The first kappa shape index (κ1) is 32.5. The van der Waals surface area contributed by atoms with Crippen LogP contribution in [-0.2, 0) is 76.2 Å². The van der Waals surface area contributed by atoms with Gasteiger partial charge >= 0.3 is 35.8 Å². The van der Waals surface area contributed by atoms with Crippen molar-refractivity contribution in [1.82, 2.24) is 0 Å². The van der Waals surface area contributed by atoms with E-state index in [0.29, 0.717) is 0 Å². The molecule has 232 valence electrons. The molecule has 0 spiro atoms. The Morgan fingerprint density at radius 1 is 0.810 bits per heavy atom. The third-order valence-electron chi connectivity index (χ3n) is 6.74. The lowest BCUT2D eigenvalue weighted by Gasteiger charge is -2.45. The summed E-state index contributed by atoms with van der Waals surface area (Å²) < 4.78 is 48.4. The maximum Gasteiger partial charge on any atom is 0.337 e. The predicted octanol–water partition coefficient (Wildman–Crippen LogP) is -0.506. The van der Waals surface area contributed by atoms with Gasteiger partial charge in [-0.05, 0) is 0 Å². The number of hydrogen-bond acceptors (Lipinski definition) is 16. The van der Waals surface area contributed by atoms with Gasteiger partial charge in [0.25, 0.3) is 0 Å². The highest BCUT2D eigenvalue weighted by Gasteiger charge is 2.59. The number of hydrogen-bond donors (Lipinski definition) is 0. The lowest BCUT2D eigenvalue weighted by molar-refractivity contribution is -0.344. The number of carbonyl (C=O) groups is 7. The van der Waals surface area contributed by atoms with Gasteiger partial charge in [0.05, 0.1) is 37.9 Å². The molecule has 0 amide bonds. The van der Waals surface area contributed by atoms with Gasteiger partial charge in [0.1, 0.15) is 18.5 Å². The highest BCUT2D eigenvalue weighted by atomic mass is 16.8. The van der Waals surface area contributed by atoms with E-state index in [9.17, 15) is 33.6 Å². The molecule has 2 aliphatic heterocycles. The molecule has 3 rings (SSSR count). The molecule has 16 heteroatoms. The molecule has 1 saturated carbocycles. The number of esters is 6. The smallest absolute Gasteiger partial charge is 0.337 e. The Hall–Kier alpha value is -4.05. The van der Waals surface area contributed by atoms with E-state index >= 15 is 0 Å². The summed E-state index contributed by atoms with van der Waals surface area (Å²) in [6.45, 7) is 3.79. The van der Waals surface area contributed by atoms with Crippen LogP contribution in [0, 0.1) is 17.8 Å². The fourth-order valence-electron chi connectivity index (χ4n) is 5.20. The summed E-state index contributed by atoms with van der Waals surface area (Å²) in [5.74, 6) is -8.81. The van der Waals surface area contributed by atoms with Gasteiger partial charge in [-0.2, -0.15) is 0 Å². The minimum absolute atomic E-state index is 0.153. The van der Waals surface area contributed by atoms with Gasteiger partial charge in [-0.25, -0.2) is 4.79 Å². The zero-order valence-corrected chi connectivity index (χ0v) is 23.7. The summed E-state index contributed by atoms with van der Waals surface area (Å²) in [5.41, 5.74) is -0.153. The van der Waals surface area contributed by atoms with Crippen LogP contribution in [0.2, 0.25) is 0 Å². The summed E-state index contributed by atoms with van der Waals surface area (Å²) in [7, 11) is 2.23. The number of carbonyl (C=O) groups excluding carboxylic acids is 7. The molecule has 0 unspecified atom stereocenters. The van der Waals surface area contributed by atoms with E-state index in [0.717, 1.165) is 48.2 Å². The van der Waals surface area contributed by atoms with Crippen molar-refractivity contribution in [3.8, 4) is 0 Å². The van der Waals surface area contributed by atoms with E-state index in [2.05, 4.69) is 0 Å². The maximum absolute atomic E-state index is 13.0. The van der Waals surface area contributed by atoms with Crippen LogP contribution in [0.3, 0.4) is 0 Å². The van der Waals surface area contributed by atoms with Crippen molar-refractivity contribution < 1.29 is 76.2 Å². The summed E-state index contributed by atoms with van der Waals surface area (Å²) in [6.07, 6.45) is -8.38. The lowest BCUT2D eigenvalue weighted by Crippen LogP contribution is -2.63. The summed E-state index contributed by atoms with van der Waals surface area (Å²) in [4.78, 5) is 85.8. The first-order chi connectivity index (χ1) is 19.8. The molecule has 42 heavy (non-hydrogen) atoms. The number of rotatable bonds is 9. The molecule has 16 nitrogen and oxygen atoms in total. The van der Waals surface area contributed by atoms with Crippen molar-refractivity contribution in [2.24, 2.45) is 17.8 Å². The van der Waals surface area contributed by atoms with Crippen LogP contribution in [0.1, 0.15) is 34.1 Å². The first-order valence-electron chi connectivity index (χ1n) is 12.8. The standard InChI is InChI=1S/C26H32O16/c1-10(27)36-9-17-20(38-11(2)28)21(39-12(3)29)22(40-13(4)30)26(41-17)42-25-19-14(23(32)34-5)7-16(31)18(19)15(8-37-25)24(33)35-6/h8,14,17-22,25-26H,7,9H2,1-6H3/t14-,17+,18-,19+,20+,21-,22+,25-,26-/m0/s1. The largest absolute Gasteiger partial charge is 0.471 e. The monoisotopic (exact) mass is 600 g/mol. The van der Waals surface area contributed by atoms with Crippen molar-refractivity contribution in [3.63, 3.8) is 0 Å². The molecule has 1 aliphatic carbocycles. The number of methoxy groups -OCH3 is 2. The van der Waals surface area contributed by atoms with Gasteiger partial charge in [-0.15, -0.1) is 0 Å². The van der Waals surface area contributed by atoms with Gasteiger partial charge in [-0.1, -0.05) is 0 Å². The Bertz CT molecular complexity index is 1140. The van der Waals surface area contributed by atoms with Crippen molar-refractivity contribution >= 4 is 41.6 Å². The second-order valence-electron chi connectivity index (χ2n) is 9.63. The highest BCUT2D eigenvalue weighted by Crippen LogP contribution is 2.46. The van der Waals surface area contributed by atoms with Crippen LogP contribution in [0.5, 0.6) is 0 Å². The van der Waals surface area contributed by atoms with E-state index in [-0.39, 0.29) is 12.0 Å². The number of fused-ring (bicyclic) bond motifs is 1. The zero-order chi connectivity index (χ0) is 31.3. The summed E-state index contributed by atoms with van der Waals surface area (Å²) in [6, 6.07) is 0. The zero-order valence-electron chi connectivity index (χ0n) is 23.7. The van der Waals surface area contributed by atoms with Crippen molar-refractivity contribution in [2.75, 3.05) is 20.8 Å². The molecule has 0 bridgehead atoms. The average molecular weight is 601 g/mol. The van der Waals surface area contributed by atoms with Gasteiger partial charge in [0.15, 0.2) is 18.3 Å².